The highest BCUT2D eigenvalue weighted by molar-refractivity contribution is 7.99. The number of hydrogen-bond acceptors (Lipinski definition) is 8. The van der Waals surface area contributed by atoms with Gasteiger partial charge < -0.3 is 19.3 Å². The minimum atomic E-state index is -1.44. The SMILES string of the molecule is CCSc1c2c(cc3nc4c(cc13)Cn1c-4cc3c(c1=O)OC(=O)C[C@]3(O)CC)OCCO2. The van der Waals surface area contributed by atoms with Gasteiger partial charge in [0, 0.05) is 22.6 Å². The van der Waals surface area contributed by atoms with Crippen molar-refractivity contribution in [3.8, 4) is 28.6 Å². The highest BCUT2D eigenvalue weighted by Gasteiger charge is 2.42. The number of thioether (sulfide) groups is 1. The van der Waals surface area contributed by atoms with Crippen molar-refractivity contribution in [2.75, 3.05) is 19.0 Å². The summed E-state index contributed by atoms with van der Waals surface area (Å²) in [4.78, 5) is 31.3. The van der Waals surface area contributed by atoms with E-state index < -0.39 is 17.1 Å². The summed E-state index contributed by atoms with van der Waals surface area (Å²) < 4.78 is 18.6. The van der Waals surface area contributed by atoms with E-state index in [1.807, 2.05) is 6.07 Å². The summed E-state index contributed by atoms with van der Waals surface area (Å²) in [5, 5.41) is 12.1. The van der Waals surface area contributed by atoms with Crippen LogP contribution in [0, 0.1) is 0 Å². The summed E-state index contributed by atoms with van der Waals surface area (Å²) in [5.41, 5.74) is 1.42. The molecule has 2 aromatic heterocycles. The van der Waals surface area contributed by atoms with Crippen LogP contribution < -0.4 is 19.8 Å². The molecule has 8 nitrogen and oxygen atoms in total. The van der Waals surface area contributed by atoms with Crippen LogP contribution >= 0.6 is 11.8 Å². The van der Waals surface area contributed by atoms with Crippen molar-refractivity contribution in [1.29, 1.82) is 0 Å². The maximum absolute atomic E-state index is 13.3. The maximum atomic E-state index is 13.3. The van der Waals surface area contributed by atoms with Crippen LogP contribution in [-0.2, 0) is 16.9 Å². The van der Waals surface area contributed by atoms with Crippen LogP contribution in [-0.4, -0.2) is 39.6 Å². The number of esters is 1. The predicted molar refractivity (Wildman–Crippen MR) is 122 cm³/mol. The highest BCUT2D eigenvalue weighted by atomic mass is 32.2. The average molecular weight is 467 g/mol. The molecular formula is C24H22N2O6S. The molecular weight excluding hydrogens is 444 g/mol. The third-order valence-electron chi connectivity index (χ3n) is 6.52. The standard InChI is InChI=1S/C24H22N2O6S/c1-3-24(29)10-18(27)32-20-14(24)8-16-19-12(11-26(16)23(20)28)7-13-15(25-19)9-17-21(22(13)33-4-2)31-6-5-30-17/h7-9,29H,3-6,10-11H2,1-2H3/t24-/m1/s1. The lowest BCUT2D eigenvalue weighted by Crippen LogP contribution is -2.39. The van der Waals surface area contributed by atoms with Crippen LogP contribution in [0.15, 0.2) is 27.9 Å². The van der Waals surface area contributed by atoms with Crippen molar-refractivity contribution in [2.24, 2.45) is 0 Å². The first-order chi connectivity index (χ1) is 15.9. The third-order valence-corrected chi connectivity index (χ3v) is 7.50. The normalized spacial score (nSPS) is 20.3. The van der Waals surface area contributed by atoms with E-state index in [4.69, 9.17) is 19.2 Å². The second kappa shape index (κ2) is 7.23. The van der Waals surface area contributed by atoms with Gasteiger partial charge in [-0.1, -0.05) is 13.8 Å². The zero-order valence-electron chi connectivity index (χ0n) is 18.3. The molecule has 5 heterocycles. The molecule has 0 saturated carbocycles. The first-order valence-electron chi connectivity index (χ1n) is 11.0. The van der Waals surface area contributed by atoms with Gasteiger partial charge in [0.15, 0.2) is 11.5 Å². The molecule has 0 fully saturated rings. The average Bonchev–Trinajstić information content (AvgIpc) is 3.16. The molecule has 170 valence electrons. The molecule has 0 spiro atoms. The fourth-order valence-corrected chi connectivity index (χ4v) is 5.75. The molecule has 6 rings (SSSR count). The fraction of sp³-hybridized carbons (Fsp3) is 0.375. The summed E-state index contributed by atoms with van der Waals surface area (Å²) in [6.45, 7) is 5.16. The molecule has 3 aliphatic rings. The van der Waals surface area contributed by atoms with Gasteiger partial charge >= 0.3 is 5.97 Å². The lowest BCUT2D eigenvalue weighted by Gasteiger charge is -2.32. The van der Waals surface area contributed by atoms with Crippen molar-refractivity contribution >= 4 is 28.6 Å². The number of aliphatic hydroxyl groups is 1. The molecule has 1 N–H and O–H groups in total. The smallest absolute Gasteiger partial charge is 0.314 e. The third kappa shape index (κ3) is 2.92. The predicted octanol–water partition coefficient (Wildman–Crippen LogP) is 3.22. The molecule has 0 saturated heterocycles. The minimum absolute atomic E-state index is 0.0868. The van der Waals surface area contributed by atoms with Gasteiger partial charge in [0.25, 0.3) is 5.56 Å². The molecule has 1 atom stereocenters. The van der Waals surface area contributed by atoms with Gasteiger partial charge in [-0.3, -0.25) is 14.2 Å². The lowest BCUT2D eigenvalue weighted by molar-refractivity contribution is -0.143. The van der Waals surface area contributed by atoms with Gasteiger partial charge in [-0.15, -0.1) is 11.8 Å². The second-order valence-corrected chi connectivity index (χ2v) is 9.70. The quantitative estimate of drug-likeness (QED) is 0.363. The Labute approximate surface area is 193 Å². The Hall–Kier alpha value is -3.04. The number of pyridine rings is 2. The lowest BCUT2D eigenvalue weighted by atomic mass is 9.85. The molecule has 9 heteroatoms. The van der Waals surface area contributed by atoms with Gasteiger partial charge in [-0.2, -0.15) is 0 Å². The van der Waals surface area contributed by atoms with Crippen LogP contribution in [0.2, 0.25) is 0 Å². The maximum Gasteiger partial charge on any atom is 0.314 e. The number of nitrogens with zero attached hydrogens (tertiary/aromatic N) is 2. The van der Waals surface area contributed by atoms with E-state index in [0.717, 1.165) is 32.9 Å². The number of aromatic nitrogens is 2. The number of benzene rings is 1. The Balaban J connectivity index is 1.59. The van der Waals surface area contributed by atoms with E-state index >= 15 is 0 Å². The Morgan fingerprint density at radius 1 is 1.15 bits per heavy atom. The van der Waals surface area contributed by atoms with Gasteiger partial charge in [0.2, 0.25) is 5.75 Å². The Kier molecular flexibility index (Phi) is 4.50. The number of rotatable bonds is 3. The van der Waals surface area contributed by atoms with E-state index in [1.54, 1.807) is 29.3 Å². The number of hydrogen-bond donors (Lipinski definition) is 1. The van der Waals surface area contributed by atoms with Crippen molar-refractivity contribution < 1.29 is 24.1 Å². The minimum Gasteiger partial charge on any atom is -0.486 e. The van der Waals surface area contributed by atoms with Crippen LogP contribution in [0.1, 0.15) is 37.8 Å². The van der Waals surface area contributed by atoms with Gasteiger partial charge in [0.05, 0.1) is 34.8 Å². The zero-order valence-corrected chi connectivity index (χ0v) is 19.1. The summed E-state index contributed by atoms with van der Waals surface area (Å²) in [6.07, 6.45) is 0.107. The first kappa shape index (κ1) is 20.6. The van der Waals surface area contributed by atoms with Crippen molar-refractivity contribution in [3.63, 3.8) is 0 Å². The van der Waals surface area contributed by atoms with E-state index in [-0.39, 0.29) is 18.6 Å². The van der Waals surface area contributed by atoms with Gasteiger partial charge in [0.1, 0.15) is 18.8 Å². The summed E-state index contributed by atoms with van der Waals surface area (Å²) in [5.74, 6) is 1.59. The largest absolute Gasteiger partial charge is 0.486 e. The molecule has 3 aromatic rings. The Morgan fingerprint density at radius 3 is 2.76 bits per heavy atom. The van der Waals surface area contributed by atoms with E-state index in [9.17, 15) is 14.7 Å². The molecule has 33 heavy (non-hydrogen) atoms. The number of carbonyl (C=O) groups excluding carboxylic acids is 1. The fourth-order valence-electron chi connectivity index (χ4n) is 4.85. The number of carbonyl (C=O) groups is 1. The molecule has 1 aromatic carbocycles. The van der Waals surface area contributed by atoms with E-state index in [1.165, 1.54) is 0 Å². The monoisotopic (exact) mass is 466 g/mol. The van der Waals surface area contributed by atoms with Gasteiger partial charge in [-0.05, 0) is 24.3 Å². The summed E-state index contributed by atoms with van der Waals surface area (Å²) in [6, 6.07) is 5.68. The Morgan fingerprint density at radius 2 is 1.97 bits per heavy atom. The van der Waals surface area contributed by atoms with Crippen LogP contribution in [0.4, 0.5) is 0 Å². The molecule has 0 unspecified atom stereocenters. The van der Waals surface area contributed by atoms with Crippen LogP contribution in [0.3, 0.4) is 0 Å². The first-order valence-corrected chi connectivity index (χ1v) is 12.0. The van der Waals surface area contributed by atoms with Crippen LogP contribution in [0.25, 0.3) is 22.3 Å². The number of ether oxygens (including phenoxy) is 3. The van der Waals surface area contributed by atoms with Gasteiger partial charge in [-0.25, -0.2) is 4.98 Å². The summed E-state index contributed by atoms with van der Waals surface area (Å²) in [7, 11) is 0. The zero-order chi connectivity index (χ0) is 22.9. The Bertz CT molecular complexity index is 1410. The highest BCUT2D eigenvalue weighted by Crippen LogP contribution is 2.47. The topological polar surface area (TPSA) is 99.9 Å². The van der Waals surface area contributed by atoms with Crippen molar-refractivity contribution in [1.82, 2.24) is 9.55 Å². The number of fused-ring (bicyclic) bond motifs is 6. The molecule has 0 amide bonds. The van der Waals surface area contributed by atoms with Crippen LogP contribution in [0.5, 0.6) is 17.2 Å². The van der Waals surface area contributed by atoms with E-state index in [0.29, 0.717) is 42.5 Å². The summed E-state index contributed by atoms with van der Waals surface area (Å²) >= 11 is 1.67. The molecule has 0 radical (unpaired) electrons. The molecule has 0 aliphatic carbocycles. The van der Waals surface area contributed by atoms with Crippen molar-refractivity contribution in [2.45, 2.75) is 43.7 Å². The second-order valence-electron chi connectivity index (χ2n) is 8.43. The van der Waals surface area contributed by atoms with E-state index in [2.05, 4.69) is 13.0 Å². The molecule has 3 aliphatic heterocycles. The van der Waals surface area contributed by atoms with Crippen molar-refractivity contribution in [3.05, 3.63) is 39.7 Å². The molecule has 0 bridgehead atoms.